The molecule has 0 bridgehead atoms. The van der Waals surface area contributed by atoms with Crippen LogP contribution in [0.3, 0.4) is 0 Å². The molecule has 0 spiro atoms. The maximum Gasteiger partial charge on any atom is 0.573 e. The van der Waals surface area contributed by atoms with Crippen LogP contribution >= 0.6 is 11.9 Å². The summed E-state index contributed by atoms with van der Waals surface area (Å²) < 4.78 is 49.5. The second kappa shape index (κ2) is 11.5. The second-order valence-electron chi connectivity index (χ2n) is 5.32. The Bertz CT molecular complexity index is 885. The highest BCUT2D eigenvalue weighted by molar-refractivity contribution is 8.00. The van der Waals surface area contributed by atoms with Gasteiger partial charge in [0.25, 0.3) is 0 Å². The molecule has 0 atom stereocenters. The molecule has 0 amide bonds. The molecule has 1 aliphatic rings. The van der Waals surface area contributed by atoms with E-state index in [9.17, 15) is 22.8 Å². The maximum absolute atomic E-state index is 12.5. The number of halogens is 3. The summed E-state index contributed by atoms with van der Waals surface area (Å²) in [6, 6.07) is 8.54. The van der Waals surface area contributed by atoms with Gasteiger partial charge in [0, 0.05) is 11.1 Å². The zero-order valence-corrected chi connectivity index (χ0v) is 18.2. The van der Waals surface area contributed by atoms with E-state index in [1.807, 2.05) is 27.7 Å². The van der Waals surface area contributed by atoms with Gasteiger partial charge in [-0.3, -0.25) is 9.59 Å². The summed E-state index contributed by atoms with van der Waals surface area (Å²) in [5.41, 5.74) is 0.906. The summed E-state index contributed by atoms with van der Waals surface area (Å²) in [5.74, 6) is -0.648. The fourth-order valence-corrected chi connectivity index (χ4v) is 3.22. The van der Waals surface area contributed by atoms with Crippen molar-refractivity contribution in [3.05, 3.63) is 47.5 Å². The predicted molar refractivity (Wildman–Crippen MR) is 112 cm³/mol. The van der Waals surface area contributed by atoms with Crippen molar-refractivity contribution < 1.29 is 32.2 Å². The van der Waals surface area contributed by atoms with E-state index in [0.717, 1.165) is 11.9 Å². The Morgan fingerprint density at radius 2 is 1.50 bits per heavy atom. The van der Waals surface area contributed by atoms with Crippen molar-refractivity contribution in [1.82, 2.24) is 0 Å². The summed E-state index contributed by atoms with van der Waals surface area (Å²) >= 11 is 0.867. The highest BCUT2D eigenvalue weighted by atomic mass is 32.2. The number of rotatable bonds is 5. The first kappa shape index (κ1) is 25.4. The zero-order valence-electron chi connectivity index (χ0n) is 17.3. The lowest BCUT2D eigenvalue weighted by Gasteiger charge is -2.15. The zero-order chi connectivity index (χ0) is 22.9. The summed E-state index contributed by atoms with van der Waals surface area (Å²) in [4.78, 5) is 23.8. The molecule has 0 unspecified atom stereocenters. The number of nitrogens with one attached hydrogen (secondary N) is 1. The van der Waals surface area contributed by atoms with Gasteiger partial charge in [-0.05, 0) is 36.2 Å². The molecular formula is C21H24F3NO4S. The molecule has 0 saturated heterocycles. The van der Waals surface area contributed by atoms with Gasteiger partial charge >= 0.3 is 6.36 Å². The largest absolute Gasteiger partial charge is 0.573 e. The maximum atomic E-state index is 12.5. The molecule has 3 rings (SSSR count). The molecule has 1 N–H and O–H groups in total. The Labute approximate surface area is 178 Å². The van der Waals surface area contributed by atoms with E-state index in [1.54, 1.807) is 6.07 Å². The number of methoxy groups -OCH3 is 1. The Morgan fingerprint density at radius 3 is 2.07 bits per heavy atom. The van der Waals surface area contributed by atoms with Gasteiger partial charge in [0.05, 0.1) is 24.1 Å². The van der Waals surface area contributed by atoms with Gasteiger partial charge < -0.3 is 14.2 Å². The van der Waals surface area contributed by atoms with Crippen LogP contribution in [0.25, 0.3) is 0 Å². The first-order valence-electron chi connectivity index (χ1n) is 9.34. The minimum absolute atomic E-state index is 0.190. The predicted octanol–water partition coefficient (Wildman–Crippen LogP) is 6.53. The topological polar surface area (TPSA) is 64.6 Å². The number of carbonyl (C=O) groups excluding carboxylic acids is 2. The number of Topliss-reactive ketones (excluding diaryl/α,β-unsaturated/α-hetero) is 2. The third kappa shape index (κ3) is 6.41. The molecular weight excluding hydrogens is 419 g/mol. The Morgan fingerprint density at radius 1 is 0.933 bits per heavy atom. The Balaban J connectivity index is 0.00000106. The number of hydrogen-bond donors (Lipinski definition) is 1. The summed E-state index contributed by atoms with van der Waals surface area (Å²) in [6.07, 6.45) is -5.01. The van der Waals surface area contributed by atoms with E-state index >= 15 is 0 Å². The van der Waals surface area contributed by atoms with Crippen LogP contribution in [0.5, 0.6) is 11.5 Å². The van der Waals surface area contributed by atoms with Crippen molar-refractivity contribution in [2.75, 3.05) is 11.8 Å². The molecule has 2 aromatic rings. The molecule has 0 aliphatic heterocycles. The quantitative estimate of drug-likeness (QED) is 0.418. The number of benzene rings is 2. The number of carbonyl (C=O) groups is 2. The van der Waals surface area contributed by atoms with Crippen LogP contribution in [0.1, 0.15) is 54.8 Å². The van der Waals surface area contributed by atoms with E-state index in [1.165, 1.54) is 37.4 Å². The summed E-state index contributed by atoms with van der Waals surface area (Å²) in [6.45, 7) is 8.00. The van der Waals surface area contributed by atoms with Gasteiger partial charge in [0.2, 0.25) is 0 Å². The molecule has 5 nitrogen and oxygen atoms in total. The van der Waals surface area contributed by atoms with E-state index < -0.39 is 6.36 Å². The van der Waals surface area contributed by atoms with E-state index in [0.29, 0.717) is 11.4 Å². The Hall–Kier alpha value is -2.68. The normalized spacial score (nSPS) is 12.1. The van der Waals surface area contributed by atoms with Crippen molar-refractivity contribution in [3.8, 4) is 11.5 Å². The SMILES string of the molecule is CC.CC.COc1cc2c(cc1NSc1ccccc1OC(F)(F)F)C(=O)CC2=O. The monoisotopic (exact) mass is 443 g/mol. The number of fused-ring (bicyclic) bond motifs is 1. The highest BCUT2D eigenvalue weighted by Gasteiger charge is 2.32. The lowest BCUT2D eigenvalue weighted by molar-refractivity contribution is -0.275. The molecule has 9 heteroatoms. The van der Waals surface area contributed by atoms with Crippen molar-refractivity contribution in [3.63, 3.8) is 0 Å². The third-order valence-electron chi connectivity index (χ3n) is 3.61. The smallest absolute Gasteiger partial charge is 0.495 e. The van der Waals surface area contributed by atoms with Crippen LogP contribution in [0.2, 0.25) is 0 Å². The number of alkyl halides is 3. The highest BCUT2D eigenvalue weighted by Crippen LogP contribution is 2.38. The van der Waals surface area contributed by atoms with Crippen LogP contribution in [0, 0.1) is 0 Å². The number of anilines is 1. The fourth-order valence-electron chi connectivity index (χ4n) is 2.48. The second-order valence-corrected chi connectivity index (χ2v) is 6.17. The van der Waals surface area contributed by atoms with E-state index in [-0.39, 0.29) is 39.8 Å². The van der Waals surface area contributed by atoms with Gasteiger partial charge in [-0.2, -0.15) is 0 Å². The van der Waals surface area contributed by atoms with Crippen LogP contribution in [0.4, 0.5) is 18.9 Å². The number of ether oxygens (including phenoxy) is 2. The lowest BCUT2D eigenvalue weighted by Crippen LogP contribution is -2.17. The van der Waals surface area contributed by atoms with Gasteiger partial charge in [-0.25, -0.2) is 0 Å². The first-order chi connectivity index (χ1) is 14.3. The molecule has 0 fully saturated rings. The first-order valence-corrected chi connectivity index (χ1v) is 10.2. The van der Waals surface area contributed by atoms with Gasteiger partial charge in [-0.1, -0.05) is 39.8 Å². The average molecular weight is 443 g/mol. The van der Waals surface area contributed by atoms with Crippen LogP contribution in [-0.2, 0) is 0 Å². The van der Waals surface area contributed by atoms with Crippen LogP contribution < -0.4 is 14.2 Å². The molecule has 0 radical (unpaired) electrons. The van der Waals surface area contributed by atoms with Gasteiger partial charge in [0.1, 0.15) is 11.5 Å². The summed E-state index contributed by atoms with van der Waals surface area (Å²) in [5, 5.41) is 0. The fraction of sp³-hybridized carbons (Fsp3) is 0.333. The van der Waals surface area contributed by atoms with Crippen LogP contribution in [-0.4, -0.2) is 25.0 Å². The Kier molecular flexibility index (Phi) is 9.71. The molecule has 0 heterocycles. The third-order valence-corrected chi connectivity index (χ3v) is 4.49. The molecule has 0 saturated carbocycles. The van der Waals surface area contributed by atoms with E-state index in [2.05, 4.69) is 9.46 Å². The van der Waals surface area contributed by atoms with Crippen molar-refractivity contribution in [2.24, 2.45) is 0 Å². The van der Waals surface area contributed by atoms with Crippen LogP contribution in [0.15, 0.2) is 41.3 Å². The number of ketones is 2. The number of para-hydroxylation sites is 1. The molecule has 0 aromatic heterocycles. The molecule has 2 aromatic carbocycles. The van der Waals surface area contributed by atoms with Gasteiger partial charge in [-0.15, -0.1) is 13.2 Å². The standard InChI is InChI=1S/C17H12F3NO4S.2C2H6/c1-24-15-7-10-9(12(22)8-13(10)23)6-11(15)21-26-16-5-3-2-4-14(16)25-17(18,19)20;2*1-2/h2-7,21H,8H2,1H3;2*1-2H3. The summed E-state index contributed by atoms with van der Waals surface area (Å²) in [7, 11) is 1.39. The van der Waals surface area contributed by atoms with E-state index in [4.69, 9.17) is 4.74 Å². The molecule has 30 heavy (non-hydrogen) atoms. The van der Waals surface area contributed by atoms with Crippen molar-refractivity contribution in [1.29, 1.82) is 0 Å². The average Bonchev–Trinajstić information content (AvgIpc) is 3.01. The lowest BCUT2D eigenvalue weighted by atomic mass is 10.1. The molecule has 1 aliphatic carbocycles. The molecule has 164 valence electrons. The number of hydrogen-bond acceptors (Lipinski definition) is 6. The van der Waals surface area contributed by atoms with Crippen molar-refractivity contribution in [2.45, 2.75) is 45.4 Å². The minimum Gasteiger partial charge on any atom is -0.495 e. The van der Waals surface area contributed by atoms with Gasteiger partial charge in [0.15, 0.2) is 11.6 Å². The van der Waals surface area contributed by atoms with Crippen molar-refractivity contribution >= 4 is 29.2 Å². The minimum atomic E-state index is -4.81.